The lowest BCUT2D eigenvalue weighted by Gasteiger charge is -2.30. The van der Waals surface area contributed by atoms with Crippen LogP contribution in [0, 0.1) is 5.82 Å². The van der Waals surface area contributed by atoms with Crippen LogP contribution in [-0.2, 0) is 22.7 Å². The molecule has 2 aromatic rings. The summed E-state index contributed by atoms with van der Waals surface area (Å²) in [5.74, 6) is -0.407. The molecule has 0 N–H and O–H groups in total. The number of thiophene rings is 1. The van der Waals surface area contributed by atoms with Crippen LogP contribution in [0.5, 0.6) is 0 Å². The summed E-state index contributed by atoms with van der Waals surface area (Å²) in [5.41, 5.74) is 0.859. The van der Waals surface area contributed by atoms with Crippen LogP contribution in [0.3, 0.4) is 0 Å². The van der Waals surface area contributed by atoms with Gasteiger partial charge < -0.3 is 9.80 Å². The molecule has 1 aromatic carbocycles. The minimum atomic E-state index is -0.300. The fourth-order valence-electron chi connectivity index (χ4n) is 2.80. The van der Waals surface area contributed by atoms with Gasteiger partial charge in [0.25, 0.3) is 0 Å². The van der Waals surface area contributed by atoms with Crippen molar-refractivity contribution in [3.8, 4) is 0 Å². The third-order valence-corrected chi connectivity index (χ3v) is 5.14. The molecule has 0 fully saturated rings. The molecule has 2 rings (SSSR count). The molecule has 0 saturated heterocycles. The van der Waals surface area contributed by atoms with Crippen LogP contribution >= 0.6 is 11.3 Å². The summed E-state index contributed by atoms with van der Waals surface area (Å²) in [7, 11) is 0. The first-order valence-electron chi connectivity index (χ1n) is 9.24. The highest BCUT2D eigenvalue weighted by molar-refractivity contribution is 7.09. The Kier molecular flexibility index (Phi) is 7.98. The smallest absolute Gasteiger partial charge is 0.242 e. The van der Waals surface area contributed by atoms with Crippen LogP contribution in [0.25, 0.3) is 0 Å². The molecular weight excluding hydrogens is 363 g/mol. The van der Waals surface area contributed by atoms with Crippen LogP contribution in [0.15, 0.2) is 41.8 Å². The van der Waals surface area contributed by atoms with Gasteiger partial charge in [0.05, 0.1) is 13.1 Å². The Morgan fingerprint density at radius 2 is 1.78 bits per heavy atom. The first kappa shape index (κ1) is 21.1. The number of carbonyl (C=O) groups excluding carboxylic acids is 2. The van der Waals surface area contributed by atoms with E-state index in [1.807, 2.05) is 38.3 Å². The Balaban J connectivity index is 2.16. The molecule has 0 radical (unpaired) electrons. The zero-order valence-electron chi connectivity index (χ0n) is 16.2. The number of amides is 2. The molecule has 0 aliphatic heterocycles. The van der Waals surface area contributed by atoms with Gasteiger partial charge in [0, 0.05) is 23.9 Å². The summed E-state index contributed by atoms with van der Waals surface area (Å²) in [6.07, 6.45) is 1.19. The fraction of sp³-hybridized carbons (Fsp3) is 0.429. The van der Waals surface area contributed by atoms with E-state index in [1.165, 1.54) is 12.1 Å². The molecule has 27 heavy (non-hydrogen) atoms. The maximum atomic E-state index is 13.2. The first-order valence-corrected chi connectivity index (χ1v) is 10.1. The summed E-state index contributed by atoms with van der Waals surface area (Å²) in [4.78, 5) is 29.8. The molecule has 0 aliphatic rings. The molecule has 0 saturated carbocycles. The van der Waals surface area contributed by atoms with Crippen molar-refractivity contribution in [3.05, 3.63) is 58.0 Å². The van der Waals surface area contributed by atoms with Gasteiger partial charge in [-0.1, -0.05) is 25.1 Å². The molecule has 4 nitrogen and oxygen atoms in total. The van der Waals surface area contributed by atoms with Crippen molar-refractivity contribution in [3.63, 3.8) is 0 Å². The second kappa shape index (κ2) is 10.2. The molecule has 0 aliphatic carbocycles. The number of carbonyl (C=O) groups is 2. The second-order valence-corrected chi connectivity index (χ2v) is 7.85. The van der Waals surface area contributed by atoms with Gasteiger partial charge in [-0.15, -0.1) is 11.3 Å². The molecule has 0 spiro atoms. The highest BCUT2D eigenvalue weighted by atomic mass is 32.1. The maximum absolute atomic E-state index is 13.2. The van der Waals surface area contributed by atoms with Crippen molar-refractivity contribution < 1.29 is 14.0 Å². The van der Waals surface area contributed by atoms with Gasteiger partial charge in [0.1, 0.15) is 5.82 Å². The van der Waals surface area contributed by atoms with Crippen LogP contribution < -0.4 is 0 Å². The number of benzene rings is 1. The SMILES string of the molecule is CCCC(=O)N(CC(=O)N(Cc1ccc(F)cc1)Cc1cccs1)C(C)C. The average Bonchev–Trinajstić information content (AvgIpc) is 3.13. The van der Waals surface area contributed by atoms with Gasteiger partial charge in [-0.25, -0.2) is 4.39 Å². The van der Waals surface area contributed by atoms with Crippen LogP contribution in [0.2, 0.25) is 0 Å². The van der Waals surface area contributed by atoms with E-state index in [1.54, 1.807) is 33.3 Å². The zero-order valence-corrected chi connectivity index (χ0v) is 17.0. The Morgan fingerprint density at radius 1 is 1.07 bits per heavy atom. The lowest BCUT2D eigenvalue weighted by atomic mass is 10.2. The highest BCUT2D eigenvalue weighted by Crippen LogP contribution is 2.16. The lowest BCUT2D eigenvalue weighted by molar-refractivity contribution is -0.142. The van der Waals surface area contributed by atoms with Crippen molar-refractivity contribution in [1.29, 1.82) is 0 Å². The fourth-order valence-corrected chi connectivity index (χ4v) is 3.51. The Morgan fingerprint density at radius 3 is 2.33 bits per heavy atom. The Hall–Kier alpha value is -2.21. The molecule has 6 heteroatoms. The van der Waals surface area contributed by atoms with Crippen molar-refractivity contribution in [2.45, 2.75) is 52.7 Å². The molecular formula is C21H27FN2O2S. The predicted octanol–water partition coefficient (Wildman–Crippen LogP) is 4.45. The Labute approximate surface area is 164 Å². The number of rotatable bonds is 9. The third-order valence-electron chi connectivity index (χ3n) is 4.28. The van der Waals surface area contributed by atoms with Gasteiger partial charge in [0.15, 0.2) is 0 Å². The van der Waals surface area contributed by atoms with Gasteiger partial charge in [-0.05, 0) is 49.4 Å². The van der Waals surface area contributed by atoms with Gasteiger partial charge in [-0.3, -0.25) is 9.59 Å². The van der Waals surface area contributed by atoms with Crippen molar-refractivity contribution in [2.24, 2.45) is 0 Å². The number of hydrogen-bond donors (Lipinski definition) is 0. The van der Waals surface area contributed by atoms with E-state index < -0.39 is 0 Å². The Bertz CT molecular complexity index is 729. The molecule has 0 bridgehead atoms. The van der Waals surface area contributed by atoms with E-state index in [9.17, 15) is 14.0 Å². The van der Waals surface area contributed by atoms with E-state index in [2.05, 4.69) is 0 Å². The van der Waals surface area contributed by atoms with E-state index in [0.29, 0.717) is 19.5 Å². The molecule has 2 amide bonds. The topological polar surface area (TPSA) is 40.6 Å². The van der Waals surface area contributed by atoms with E-state index in [4.69, 9.17) is 0 Å². The molecule has 146 valence electrons. The number of hydrogen-bond acceptors (Lipinski definition) is 3. The summed E-state index contributed by atoms with van der Waals surface area (Å²) < 4.78 is 13.2. The summed E-state index contributed by atoms with van der Waals surface area (Å²) in [5, 5.41) is 1.97. The molecule has 0 unspecified atom stereocenters. The minimum Gasteiger partial charge on any atom is -0.332 e. The normalized spacial score (nSPS) is 10.9. The highest BCUT2D eigenvalue weighted by Gasteiger charge is 2.23. The molecule has 0 atom stereocenters. The van der Waals surface area contributed by atoms with Gasteiger partial charge in [0.2, 0.25) is 11.8 Å². The van der Waals surface area contributed by atoms with Gasteiger partial charge >= 0.3 is 0 Å². The molecule has 1 aromatic heterocycles. The number of nitrogens with zero attached hydrogens (tertiary/aromatic N) is 2. The predicted molar refractivity (Wildman–Crippen MR) is 107 cm³/mol. The largest absolute Gasteiger partial charge is 0.332 e. The standard InChI is InChI=1S/C21H27FN2O2S/c1-4-6-20(25)24(16(2)3)15-21(26)23(14-19-7-5-12-27-19)13-17-8-10-18(22)11-9-17/h5,7-12,16H,4,6,13-15H2,1-3H3. The average molecular weight is 391 g/mol. The van der Waals surface area contributed by atoms with E-state index in [-0.39, 0.29) is 30.2 Å². The number of halogens is 1. The lowest BCUT2D eigenvalue weighted by Crippen LogP contribution is -2.45. The minimum absolute atomic E-state index is 0.00120. The van der Waals surface area contributed by atoms with E-state index in [0.717, 1.165) is 16.9 Å². The van der Waals surface area contributed by atoms with Crippen molar-refractivity contribution >= 4 is 23.2 Å². The second-order valence-electron chi connectivity index (χ2n) is 6.82. The van der Waals surface area contributed by atoms with Crippen molar-refractivity contribution in [1.82, 2.24) is 9.80 Å². The first-order chi connectivity index (χ1) is 12.9. The van der Waals surface area contributed by atoms with Gasteiger partial charge in [-0.2, -0.15) is 0 Å². The third kappa shape index (κ3) is 6.47. The maximum Gasteiger partial charge on any atom is 0.242 e. The van der Waals surface area contributed by atoms with Crippen LogP contribution in [-0.4, -0.2) is 34.2 Å². The van der Waals surface area contributed by atoms with Crippen LogP contribution in [0.1, 0.15) is 44.1 Å². The quantitative estimate of drug-likeness (QED) is 0.635. The molecule has 1 heterocycles. The van der Waals surface area contributed by atoms with Crippen LogP contribution in [0.4, 0.5) is 4.39 Å². The zero-order chi connectivity index (χ0) is 19.8. The monoisotopic (exact) mass is 390 g/mol. The van der Waals surface area contributed by atoms with E-state index >= 15 is 0 Å². The van der Waals surface area contributed by atoms with Crippen molar-refractivity contribution in [2.75, 3.05) is 6.54 Å². The summed E-state index contributed by atoms with van der Waals surface area (Å²) in [6.45, 7) is 6.71. The summed E-state index contributed by atoms with van der Waals surface area (Å²) >= 11 is 1.59. The summed E-state index contributed by atoms with van der Waals surface area (Å²) in [6, 6.07) is 10.1.